The number of rotatable bonds is 6. The van der Waals surface area contributed by atoms with Gasteiger partial charge in [-0.25, -0.2) is 0 Å². The third-order valence-corrected chi connectivity index (χ3v) is 16.1. The van der Waals surface area contributed by atoms with E-state index in [2.05, 4.69) is 147 Å². The van der Waals surface area contributed by atoms with Gasteiger partial charge in [-0.3, -0.25) is 0 Å². The van der Waals surface area contributed by atoms with E-state index in [0.717, 1.165) is 0 Å². The molecule has 2 aromatic rings. The second-order valence-corrected chi connectivity index (χ2v) is 22.9. The predicted molar refractivity (Wildman–Crippen MR) is 180 cm³/mol. The lowest BCUT2D eigenvalue weighted by atomic mass is 9.73. The van der Waals surface area contributed by atoms with Crippen molar-refractivity contribution in [1.82, 2.24) is 0 Å². The van der Waals surface area contributed by atoms with Gasteiger partial charge in [0.2, 0.25) is 0 Å². The van der Waals surface area contributed by atoms with Crippen molar-refractivity contribution in [3.05, 3.63) is 46.5 Å². The Labute approximate surface area is 243 Å². The topological polar surface area (TPSA) is 0 Å². The molecule has 0 amide bonds. The van der Waals surface area contributed by atoms with Gasteiger partial charge in [0, 0.05) is 15.2 Å². The molecule has 0 aromatic heterocycles. The van der Waals surface area contributed by atoms with Crippen LogP contribution in [0.2, 0.25) is 0 Å². The van der Waals surface area contributed by atoms with Crippen LogP contribution in [0, 0.1) is 0 Å². The zero-order chi connectivity index (χ0) is 29.1. The van der Waals surface area contributed by atoms with Gasteiger partial charge in [-0.2, -0.15) is 0 Å². The largest absolute Gasteiger partial charge is 0.0881 e. The molecule has 0 N–H and O–H groups in total. The van der Waals surface area contributed by atoms with Gasteiger partial charge in [-0.1, -0.05) is 151 Å². The lowest BCUT2D eigenvalue weighted by Crippen LogP contribution is -2.33. The van der Waals surface area contributed by atoms with E-state index in [1.807, 2.05) is 0 Å². The van der Waals surface area contributed by atoms with Crippen LogP contribution in [0.15, 0.2) is 34.1 Å². The molecule has 1 aliphatic rings. The fourth-order valence-electron chi connectivity index (χ4n) is 6.17. The molecule has 0 saturated carbocycles. The molecule has 1 aliphatic heterocycles. The molecule has 1 heterocycles. The Morgan fingerprint density at radius 2 is 0.842 bits per heavy atom. The van der Waals surface area contributed by atoms with E-state index < -0.39 is 0 Å². The first kappa shape index (κ1) is 32.2. The zero-order valence-electron chi connectivity index (χ0n) is 27.4. The van der Waals surface area contributed by atoms with Crippen LogP contribution in [0.25, 0.3) is 0 Å². The minimum Gasteiger partial charge on any atom is -0.0881 e. The van der Waals surface area contributed by atoms with Gasteiger partial charge in [0.1, 0.15) is 0 Å². The highest BCUT2D eigenvalue weighted by Crippen LogP contribution is 2.58. The summed E-state index contributed by atoms with van der Waals surface area (Å²) in [5.74, 6) is 0. The van der Waals surface area contributed by atoms with Gasteiger partial charge in [-0.15, -0.1) is 0 Å². The Balaban J connectivity index is 2.48. The van der Waals surface area contributed by atoms with Crippen LogP contribution in [-0.4, -0.2) is 22.6 Å². The van der Waals surface area contributed by atoms with E-state index in [-0.39, 0.29) is 32.1 Å². The molecule has 3 rings (SSSR count). The Morgan fingerprint density at radius 1 is 0.553 bits per heavy atom. The second-order valence-electron chi connectivity index (χ2n) is 15.2. The van der Waals surface area contributed by atoms with Crippen molar-refractivity contribution in [2.45, 2.75) is 159 Å². The Kier molecular flexibility index (Phi) is 9.43. The van der Waals surface area contributed by atoms with Crippen molar-refractivity contribution in [1.29, 1.82) is 0 Å². The molecule has 0 unspecified atom stereocenters. The highest BCUT2D eigenvalue weighted by Gasteiger charge is 2.40. The smallest absolute Gasteiger partial charge is 0.0240 e. The minimum absolute atomic E-state index is 0.0359. The summed E-state index contributed by atoms with van der Waals surface area (Å²) >= 11 is 2.14. The first-order valence-corrected chi connectivity index (χ1v) is 18.6. The Morgan fingerprint density at radius 3 is 1.08 bits per heavy atom. The molecular weight excluding hydrogens is 514 g/mol. The molecule has 0 spiro atoms. The first-order chi connectivity index (χ1) is 17.2. The summed E-state index contributed by atoms with van der Waals surface area (Å²) in [7, 11) is -0.545. The molecular formula is C35H56P2S. The van der Waals surface area contributed by atoms with Gasteiger partial charge in [0.15, 0.2) is 0 Å². The summed E-state index contributed by atoms with van der Waals surface area (Å²) in [6.45, 7) is 38.9. The molecule has 38 heavy (non-hydrogen) atoms. The van der Waals surface area contributed by atoms with Crippen molar-refractivity contribution < 1.29 is 0 Å². The summed E-state index contributed by atoms with van der Waals surface area (Å²) in [6.07, 6.45) is 0. The minimum atomic E-state index is -0.273. The molecule has 3 heteroatoms. The van der Waals surface area contributed by atoms with E-state index in [0.29, 0.717) is 22.6 Å². The lowest BCUT2D eigenvalue weighted by molar-refractivity contribution is 0.566. The number of hydrogen-bond acceptors (Lipinski definition) is 1. The van der Waals surface area contributed by atoms with E-state index >= 15 is 0 Å². The summed E-state index contributed by atoms with van der Waals surface area (Å²) in [4.78, 5) is 3.16. The van der Waals surface area contributed by atoms with Crippen LogP contribution in [0.4, 0.5) is 0 Å². The molecule has 0 aliphatic carbocycles. The van der Waals surface area contributed by atoms with Gasteiger partial charge in [0.25, 0.3) is 0 Å². The van der Waals surface area contributed by atoms with E-state index in [1.54, 1.807) is 31.5 Å². The molecule has 0 saturated heterocycles. The van der Waals surface area contributed by atoms with E-state index in [4.69, 9.17) is 0 Å². The monoisotopic (exact) mass is 570 g/mol. The summed E-state index contributed by atoms with van der Waals surface area (Å²) < 4.78 is 0. The fourth-order valence-corrected chi connectivity index (χ4v) is 14.4. The predicted octanol–water partition coefficient (Wildman–Crippen LogP) is 10.9. The maximum Gasteiger partial charge on any atom is 0.0240 e. The summed E-state index contributed by atoms with van der Waals surface area (Å²) in [6, 6.07) is 10.4. The van der Waals surface area contributed by atoms with Crippen molar-refractivity contribution >= 4 is 38.2 Å². The zero-order valence-corrected chi connectivity index (χ0v) is 30.0. The highest BCUT2D eigenvalue weighted by molar-refractivity contribution is 8.00. The molecule has 2 aromatic carbocycles. The third kappa shape index (κ3) is 6.12. The summed E-state index contributed by atoms with van der Waals surface area (Å²) in [5, 5.41) is 3.31. The number of benzene rings is 2. The number of hydrogen-bond donors (Lipinski definition) is 0. The van der Waals surface area contributed by atoms with E-state index in [1.165, 1.54) is 11.1 Å². The molecule has 212 valence electrons. The Hall–Kier alpha value is -0.350. The second kappa shape index (κ2) is 11.1. The van der Waals surface area contributed by atoms with Gasteiger partial charge < -0.3 is 0 Å². The van der Waals surface area contributed by atoms with Crippen LogP contribution < -0.4 is 10.6 Å². The number of fused-ring (bicyclic) bond motifs is 2. The maximum atomic E-state index is 2.62. The van der Waals surface area contributed by atoms with Gasteiger partial charge in [-0.05, 0) is 78.5 Å². The van der Waals surface area contributed by atoms with Crippen LogP contribution in [0.1, 0.15) is 133 Å². The fraction of sp³-hybridized carbons (Fsp3) is 0.657. The molecule has 0 fully saturated rings. The molecule has 0 atom stereocenters. The van der Waals surface area contributed by atoms with Crippen molar-refractivity contribution in [2.75, 3.05) is 0 Å². The normalized spacial score (nSPS) is 15.8. The molecule has 0 nitrogen and oxygen atoms in total. The lowest BCUT2D eigenvalue weighted by Gasteiger charge is -2.42. The van der Waals surface area contributed by atoms with Crippen LogP contribution in [0.5, 0.6) is 0 Å². The average Bonchev–Trinajstić information content (AvgIpc) is 2.72. The molecule has 0 radical (unpaired) electrons. The third-order valence-electron chi connectivity index (χ3n) is 8.20. The highest BCUT2D eigenvalue weighted by atomic mass is 32.2. The Bertz CT molecular complexity index is 1050. The van der Waals surface area contributed by atoms with Gasteiger partial charge in [0.05, 0.1) is 0 Å². The SMILES string of the molecule is CC(C)P(c1cc(C(C)(C)C)cc2c1Sc1c(P(C(C)C)C(C)C)cc(C(C)(C)C)cc1C2(C)C)C(C)C. The molecule has 0 bridgehead atoms. The van der Waals surface area contributed by atoms with Crippen molar-refractivity contribution in [3.8, 4) is 0 Å². The van der Waals surface area contributed by atoms with Crippen molar-refractivity contribution in [2.24, 2.45) is 0 Å². The van der Waals surface area contributed by atoms with E-state index in [9.17, 15) is 0 Å². The average molecular weight is 571 g/mol. The van der Waals surface area contributed by atoms with Crippen molar-refractivity contribution in [3.63, 3.8) is 0 Å². The summed E-state index contributed by atoms with van der Waals surface area (Å²) in [5.41, 5.74) is 8.99. The van der Waals surface area contributed by atoms with Crippen LogP contribution in [0.3, 0.4) is 0 Å². The van der Waals surface area contributed by atoms with Crippen LogP contribution >= 0.6 is 27.6 Å². The standard InChI is InChI=1S/C35H56P2S/c1-21(2)36(22(3)4)29-19-25(33(9,10)11)17-27-31(29)38-32-28(35(27,15)16)18-26(34(12,13)14)20-30(32)37(23(5)6)24(7)8/h17-24H,1-16H3. The van der Waals surface area contributed by atoms with Crippen LogP contribution in [-0.2, 0) is 16.2 Å². The maximum absolute atomic E-state index is 2.62. The first-order valence-electron chi connectivity index (χ1n) is 14.8. The quantitative estimate of drug-likeness (QED) is 0.311. The van der Waals surface area contributed by atoms with Gasteiger partial charge >= 0.3 is 0 Å².